The Hall–Kier alpha value is -2.68. The van der Waals surface area contributed by atoms with Crippen molar-refractivity contribution in [2.75, 3.05) is 30.8 Å². The molecule has 1 aliphatic rings. The van der Waals surface area contributed by atoms with Crippen molar-refractivity contribution in [2.45, 2.75) is 38.5 Å². The molecule has 1 amide bonds. The van der Waals surface area contributed by atoms with Gasteiger partial charge in [0, 0.05) is 20.1 Å². The van der Waals surface area contributed by atoms with Gasteiger partial charge in [-0.2, -0.15) is 0 Å². The summed E-state index contributed by atoms with van der Waals surface area (Å²) in [5.41, 5.74) is 0. The number of carbonyl (C=O) groups excluding carboxylic acids is 1. The molecule has 1 aliphatic heterocycles. The Bertz CT molecular complexity index is 960. The van der Waals surface area contributed by atoms with Crippen molar-refractivity contribution < 1.29 is 13.6 Å². The van der Waals surface area contributed by atoms with Crippen LogP contribution >= 0.6 is 11.8 Å². The SMILES string of the molecule is CC1CC(C)CN(c2nnc(SCC(=O)N(C)Cc3ccco3)n2Cc2ccco2)C1. The molecule has 0 aliphatic carbocycles. The van der Waals surface area contributed by atoms with Crippen molar-refractivity contribution in [1.29, 1.82) is 0 Å². The van der Waals surface area contributed by atoms with Gasteiger partial charge in [-0.3, -0.25) is 9.36 Å². The number of thioether (sulfide) groups is 1. The van der Waals surface area contributed by atoms with Crippen molar-refractivity contribution in [3.63, 3.8) is 0 Å². The predicted octanol–water partition coefficient (Wildman–Crippen LogP) is 3.75. The number of rotatable bonds is 8. The first kappa shape index (κ1) is 21.5. The van der Waals surface area contributed by atoms with E-state index in [0.717, 1.165) is 35.7 Å². The van der Waals surface area contributed by atoms with Crippen LogP contribution in [0, 0.1) is 11.8 Å². The fourth-order valence-electron chi connectivity index (χ4n) is 4.11. The van der Waals surface area contributed by atoms with E-state index in [1.54, 1.807) is 24.5 Å². The summed E-state index contributed by atoms with van der Waals surface area (Å²) in [6.07, 6.45) is 4.51. The van der Waals surface area contributed by atoms with Crippen LogP contribution in [0.15, 0.2) is 50.8 Å². The smallest absolute Gasteiger partial charge is 0.233 e. The van der Waals surface area contributed by atoms with E-state index in [-0.39, 0.29) is 11.7 Å². The Balaban J connectivity index is 1.48. The molecule has 2 unspecified atom stereocenters. The topological polar surface area (TPSA) is 80.5 Å². The Kier molecular flexibility index (Phi) is 6.70. The molecular weight excluding hydrogens is 414 g/mol. The second kappa shape index (κ2) is 9.64. The minimum atomic E-state index is 0.00992. The number of piperidine rings is 1. The van der Waals surface area contributed by atoms with Gasteiger partial charge >= 0.3 is 0 Å². The second-order valence-corrected chi connectivity index (χ2v) is 9.36. The third-order valence-electron chi connectivity index (χ3n) is 5.47. The van der Waals surface area contributed by atoms with Gasteiger partial charge in [0.1, 0.15) is 11.5 Å². The molecule has 0 saturated carbocycles. The minimum absolute atomic E-state index is 0.00992. The molecule has 3 aromatic rings. The van der Waals surface area contributed by atoms with Crippen LogP contribution in [0.1, 0.15) is 31.8 Å². The molecule has 1 fully saturated rings. The van der Waals surface area contributed by atoms with Gasteiger partial charge in [0.2, 0.25) is 11.9 Å². The third-order valence-corrected chi connectivity index (χ3v) is 6.42. The van der Waals surface area contributed by atoms with Crippen LogP contribution in [0.5, 0.6) is 0 Å². The van der Waals surface area contributed by atoms with Crippen LogP contribution in [-0.4, -0.2) is 51.5 Å². The minimum Gasteiger partial charge on any atom is -0.467 e. The van der Waals surface area contributed by atoms with Crippen molar-refractivity contribution in [1.82, 2.24) is 19.7 Å². The normalized spacial score (nSPS) is 19.0. The number of furan rings is 2. The lowest BCUT2D eigenvalue weighted by Crippen LogP contribution is -2.40. The summed E-state index contributed by atoms with van der Waals surface area (Å²) in [6, 6.07) is 7.51. The standard InChI is InChI=1S/C22H29N5O3S/c1-16-10-17(2)12-26(11-16)21-23-24-22(27(21)14-19-7-5-9-30-19)31-15-20(28)25(3)13-18-6-4-8-29-18/h4-9,16-17H,10-15H2,1-3H3. The largest absolute Gasteiger partial charge is 0.467 e. The zero-order chi connectivity index (χ0) is 21.8. The van der Waals surface area contributed by atoms with E-state index in [1.807, 2.05) is 24.3 Å². The molecule has 9 heteroatoms. The zero-order valence-electron chi connectivity index (χ0n) is 18.2. The van der Waals surface area contributed by atoms with E-state index in [2.05, 4.69) is 33.5 Å². The van der Waals surface area contributed by atoms with Crippen LogP contribution < -0.4 is 4.90 Å². The quantitative estimate of drug-likeness (QED) is 0.491. The number of hydrogen-bond donors (Lipinski definition) is 0. The molecule has 0 bridgehead atoms. The van der Waals surface area contributed by atoms with Gasteiger partial charge in [-0.15, -0.1) is 10.2 Å². The van der Waals surface area contributed by atoms with Crippen LogP contribution in [0.4, 0.5) is 5.95 Å². The number of hydrogen-bond acceptors (Lipinski definition) is 7. The summed E-state index contributed by atoms with van der Waals surface area (Å²) in [5.74, 6) is 3.93. The second-order valence-electron chi connectivity index (χ2n) is 8.42. The van der Waals surface area contributed by atoms with E-state index < -0.39 is 0 Å². The summed E-state index contributed by atoms with van der Waals surface area (Å²) >= 11 is 1.40. The first-order valence-corrected chi connectivity index (χ1v) is 11.6. The highest BCUT2D eigenvalue weighted by atomic mass is 32.2. The summed E-state index contributed by atoms with van der Waals surface area (Å²) in [5, 5.41) is 9.66. The summed E-state index contributed by atoms with van der Waals surface area (Å²) in [7, 11) is 1.78. The maximum atomic E-state index is 12.6. The van der Waals surface area contributed by atoms with Crippen molar-refractivity contribution in [3.05, 3.63) is 48.3 Å². The summed E-state index contributed by atoms with van der Waals surface area (Å²) in [4.78, 5) is 16.6. The highest BCUT2D eigenvalue weighted by Gasteiger charge is 2.27. The van der Waals surface area contributed by atoms with Gasteiger partial charge < -0.3 is 18.6 Å². The lowest BCUT2D eigenvalue weighted by Gasteiger charge is -2.35. The first-order valence-electron chi connectivity index (χ1n) is 10.6. The number of aromatic nitrogens is 3. The fraction of sp³-hybridized carbons (Fsp3) is 0.500. The van der Waals surface area contributed by atoms with Crippen molar-refractivity contribution in [3.8, 4) is 0 Å². The van der Waals surface area contributed by atoms with Crippen LogP contribution in [-0.2, 0) is 17.9 Å². The molecule has 166 valence electrons. The molecule has 4 heterocycles. The van der Waals surface area contributed by atoms with Gasteiger partial charge in [-0.25, -0.2) is 0 Å². The lowest BCUT2D eigenvalue weighted by molar-refractivity contribution is -0.127. The monoisotopic (exact) mass is 443 g/mol. The van der Waals surface area contributed by atoms with Crippen molar-refractivity contribution >= 4 is 23.6 Å². The molecule has 0 radical (unpaired) electrons. The highest BCUT2D eigenvalue weighted by molar-refractivity contribution is 7.99. The summed E-state index contributed by atoms with van der Waals surface area (Å²) < 4.78 is 13.0. The molecule has 31 heavy (non-hydrogen) atoms. The van der Waals surface area contributed by atoms with Crippen LogP contribution in [0.3, 0.4) is 0 Å². The van der Waals surface area contributed by atoms with Crippen LogP contribution in [0.25, 0.3) is 0 Å². The average molecular weight is 444 g/mol. The fourth-order valence-corrected chi connectivity index (χ4v) is 4.98. The molecule has 8 nitrogen and oxygen atoms in total. The number of carbonyl (C=O) groups is 1. The molecule has 1 saturated heterocycles. The molecule has 0 spiro atoms. The number of nitrogens with zero attached hydrogens (tertiary/aromatic N) is 5. The molecule has 4 rings (SSSR count). The molecule has 0 aromatic carbocycles. The van der Waals surface area contributed by atoms with E-state index in [9.17, 15) is 4.79 Å². The molecule has 2 atom stereocenters. The van der Waals surface area contributed by atoms with Crippen LogP contribution in [0.2, 0.25) is 0 Å². The van der Waals surface area contributed by atoms with E-state index in [4.69, 9.17) is 8.83 Å². The lowest BCUT2D eigenvalue weighted by atomic mass is 9.92. The Morgan fingerprint density at radius 1 is 1.13 bits per heavy atom. The van der Waals surface area contributed by atoms with E-state index in [1.165, 1.54) is 18.2 Å². The van der Waals surface area contributed by atoms with Crippen molar-refractivity contribution in [2.24, 2.45) is 11.8 Å². The number of amides is 1. The maximum Gasteiger partial charge on any atom is 0.233 e. The zero-order valence-corrected chi connectivity index (χ0v) is 19.0. The predicted molar refractivity (Wildman–Crippen MR) is 119 cm³/mol. The summed E-state index contributed by atoms with van der Waals surface area (Å²) in [6.45, 7) is 7.44. The Labute approximate surface area is 186 Å². The van der Waals surface area contributed by atoms with Gasteiger partial charge in [0.25, 0.3) is 0 Å². The highest BCUT2D eigenvalue weighted by Crippen LogP contribution is 2.29. The first-order chi connectivity index (χ1) is 15.0. The Morgan fingerprint density at radius 2 is 1.81 bits per heavy atom. The molecule has 0 N–H and O–H groups in total. The van der Waals surface area contributed by atoms with E-state index in [0.29, 0.717) is 24.9 Å². The average Bonchev–Trinajstić information content (AvgIpc) is 3.48. The Morgan fingerprint density at radius 3 is 2.45 bits per heavy atom. The number of anilines is 1. The maximum absolute atomic E-state index is 12.6. The van der Waals surface area contributed by atoms with Gasteiger partial charge in [-0.1, -0.05) is 25.6 Å². The molecule has 3 aromatic heterocycles. The van der Waals surface area contributed by atoms with Gasteiger partial charge in [-0.05, 0) is 42.5 Å². The molecular formula is C22H29N5O3S. The van der Waals surface area contributed by atoms with Gasteiger partial charge in [0.15, 0.2) is 5.16 Å². The van der Waals surface area contributed by atoms with E-state index >= 15 is 0 Å². The third kappa shape index (κ3) is 5.33. The van der Waals surface area contributed by atoms with Gasteiger partial charge in [0.05, 0.1) is 31.4 Å².